The summed E-state index contributed by atoms with van der Waals surface area (Å²) in [7, 11) is 1.52. The molecule has 1 amide bonds. The lowest BCUT2D eigenvalue weighted by atomic mass is 9.78. The molecule has 1 aromatic rings. The maximum atomic E-state index is 12.8. The Hall–Kier alpha value is -2.06. The second kappa shape index (κ2) is 7.47. The molecule has 23 heavy (non-hydrogen) atoms. The summed E-state index contributed by atoms with van der Waals surface area (Å²) in [4.78, 5) is 12.8. The van der Waals surface area contributed by atoms with Crippen molar-refractivity contribution in [2.75, 3.05) is 19.0 Å². The summed E-state index contributed by atoms with van der Waals surface area (Å²) in [6.07, 6.45) is 3.58. The van der Waals surface area contributed by atoms with Crippen LogP contribution in [-0.4, -0.2) is 25.2 Å². The topological polar surface area (TPSA) is 71.3 Å². The van der Waals surface area contributed by atoms with E-state index in [1.807, 2.05) is 6.92 Å². The number of amides is 1. The number of nitriles is 1. The molecule has 1 saturated carbocycles. The molecule has 0 saturated heterocycles. The van der Waals surface area contributed by atoms with Gasteiger partial charge in [0.05, 0.1) is 12.7 Å². The maximum Gasteiger partial charge on any atom is 0.256 e. The zero-order chi connectivity index (χ0) is 16.9. The summed E-state index contributed by atoms with van der Waals surface area (Å²) in [6, 6.07) is 7.13. The number of anilines is 1. The van der Waals surface area contributed by atoms with Gasteiger partial charge >= 0.3 is 0 Å². The van der Waals surface area contributed by atoms with E-state index < -0.39 is 5.60 Å². The van der Waals surface area contributed by atoms with Crippen molar-refractivity contribution in [3.8, 4) is 11.8 Å². The van der Waals surface area contributed by atoms with Gasteiger partial charge in [0.15, 0.2) is 0 Å². The third kappa shape index (κ3) is 3.83. The van der Waals surface area contributed by atoms with Crippen molar-refractivity contribution >= 4 is 11.6 Å². The van der Waals surface area contributed by atoms with Gasteiger partial charge in [0.2, 0.25) is 0 Å². The van der Waals surface area contributed by atoms with Crippen LogP contribution in [0.4, 0.5) is 5.69 Å². The van der Waals surface area contributed by atoms with Crippen LogP contribution in [0.5, 0.6) is 5.75 Å². The van der Waals surface area contributed by atoms with E-state index in [9.17, 15) is 4.79 Å². The second-order valence-corrected chi connectivity index (χ2v) is 6.11. The van der Waals surface area contributed by atoms with Gasteiger partial charge in [-0.2, -0.15) is 5.26 Å². The summed E-state index contributed by atoms with van der Waals surface area (Å²) in [5, 5.41) is 12.1. The first-order valence-corrected chi connectivity index (χ1v) is 8.08. The standard InChI is InChI=1S/C18H24N2O3/c1-4-23-18(9-5-6-13(2)11-18)17(21)20-15-7-8-16(22-3)14(10-15)12-19/h7-8,10,13H,4-6,9,11H2,1-3H3,(H,20,21). The summed E-state index contributed by atoms with van der Waals surface area (Å²) < 4.78 is 11.0. The van der Waals surface area contributed by atoms with Crippen molar-refractivity contribution in [2.24, 2.45) is 5.92 Å². The van der Waals surface area contributed by atoms with Crippen LogP contribution >= 0.6 is 0 Å². The first-order valence-electron chi connectivity index (χ1n) is 8.08. The van der Waals surface area contributed by atoms with Gasteiger partial charge in [-0.25, -0.2) is 0 Å². The fourth-order valence-electron chi connectivity index (χ4n) is 3.30. The molecule has 5 heteroatoms. The third-order valence-electron chi connectivity index (χ3n) is 4.37. The minimum absolute atomic E-state index is 0.125. The Labute approximate surface area is 137 Å². The Morgan fingerprint density at radius 1 is 1.52 bits per heavy atom. The van der Waals surface area contributed by atoms with Gasteiger partial charge < -0.3 is 14.8 Å². The largest absolute Gasteiger partial charge is 0.495 e. The summed E-state index contributed by atoms with van der Waals surface area (Å²) in [6.45, 7) is 4.57. The number of rotatable bonds is 5. The highest BCUT2D eigenvalue weighted by atomic mass is 16.5. The molecule has 1 aliphatic carbocycles. The molecule has 2 rings (SSSR count). The molecule has 2 unspecified atom stereocenters. The molecule has 0 bridgehead atoms. The van der Waals surface area contributed by atoms with Crippen LogP contribution in [0.15, 0.2) is 18.2 Å². The number of nitrogens with one attached hydrogen (secondary N) is 1. The molecule has 0 heterocycles. The number of carbonyl (C=O) groups excluding carboxylic acids is 1. The highest BCUT2D eigenvalue weighted by Gasteiger charge is 2.42. The number of carbonyl (C=O) groups is 1. The minimum Gasteiger partial charge on any atom is -0.495 e. The Balaban J connectivity index is 2.20. The van der Waals surface area contributed by atoms with Gasteiger partial charge in [0.25, 0.3) is 5.91 Å². The molecule has 1 aliphatic rings. The van der Waals surface area contributed by atoms with E-state index in [-0.39, 0.29) is 5.91 Å². The molecule has 0 radical (unpaired) electrons. The quantitative estimate of drug-likeness (QED) is 0.902. The number of methoxy groups -OCH3 is 1. The van der Waals surface area contributed by atoms with Crippen molar-refractivity contribution in [3.05, 3.63) is 23.8 Å². The number of ether oxygens (including phenoxy) is 2. The second-order valence-electron chi connectivity index (χ2n) is 6.11. The first kappa shape index (κ1) is 17.3. The van der Waals surface area contributed by atoms with Crippen molar-refractivity contribution in [3.63, 3.8) is 0 Å². The highest BCUT2D eigenvalue weighted by Crippen LogP contribution is 2.36. The Bertz CT molecular complexity index is 605. The lowest BCUT2D eigenvalue weighted by molar-refractivity contribution is -0.147. The van der Waals surface area contributed by atoms with Crippen LogP contribution in [-0.2, 0) is 9.53 Å². The van der Waals surface area contributed by atoms with E-state index in [0.717, 1.165) is 25.7 Å². The molecule has 1 N–H and O–H groups in total. The molecular formula is C18H24N2O3. The molecule has 2 atom stereocenters. The third-order valence-corrected chi connectivity index (χ3v) is 4.37. The molecule has 0 aliphatic heterocycles. The molecule has 1 aromatic carbocycles. The molecule has 0 aromatic heterocycles. The summed E-state index contributed by atoms with van der Waals surface area (Å²) in [5.74, 6) is 0.836. The summed E-state index contributed by atoms with van der Waals surface area (Å²) >= 11 is 0. The van der Waals surface area contributed by atoms with Gasteiger partial charge in [-0.15, -0.1) is 0 Å². The lowest BCUT2D eigenvalue weighted by Crippen LogP contribution is -2.48. The normalized spacial score (nSPS) is 23.8. The SMILES string of the molecule is CCOC1(C(=O)Nc2ccc(OC)c(C#N)c2)CCCC(C)C1. The van der Waals surface area contributed by atoms with Gasteiger partial charge in [-0.1, -0.05) is 13.3 Å². The summed E-state index contributed by atoms with van der Waals surface area (Å²) in [5.41, 5.74) is 0.219. The van der Waals surface area contributed by atoms with E-state index in [0.29, 0.717) is 29.5 Å². The zero-order valence-corrected chi connectivity index (χ0v) is 14.0. The first-order chi connectivity index (χ1) is 11.0. The Morgan fingerprint density at radius 3 is 2.91 bits per heavy atom. The van der Waals surface area contributed by atoms with Crippen LogP contribution in [0.3, 0.4) is 0 Å². The molecule has 5 nitrogen and oxygen atoms in total. The highest BCUT2D eigenvalue weighted by molar-refractivity contribution is 5.97. The average Bonchev–Trinajstić information content (AvgIpc) is 2.55. The van der Waals surface area contributed by atoms with E-state index >= 15 is 0 Å². The Morgan fingerprint density at radius 2 is 2.30 bits per heavy atom. The number of hydrogen-bond donors (Lipinski definition) is 1. The Kier molecular flexibility index (Phi) is 5.62. The van der Waals surface area contributed by atoms with Crippen molar-refractivity contribution in [1.29, 1.82) is 5.26 Å². The van der Waals surface area contributed by atoms with Crippen LogP contribution in [0.2, 0.25) is 0 Å². The monoisotopic (exact) mass is 316 g/mol. The number of nitrogens with zero attached hydrogens (tertiary/aromatic N) is 1. The van der Waals surface area contributed by atoms with Crippen molar-refractivity contribution in [2.45, 2.75) is 45.1 Å². The van der Waals surface area contributed by atoms with E-state index in [1.54, 1.807) is 18.2 Å². The zero-order valence-electron chi connectivity index (χ0n) is 14.0. The number of benzene rings is 1. The van der Waals surface area contributed by atoms with E-state index in [4.69, 9.17) is 14.7 Å². The van der Waals surface area contributed by atoms with Gasteiger partial charge in [-0.3, -0.25) is 4.79 Å². The molecule has 0 spiro atoms. The van der Waals surface area contributed by atoms with Gasteiger partial charge in [0, 0.05) is 12.3 Å². The van der Waals surface area contributed by atoms with E-state index in [2.05, 4.69) is 18.3 Å². The number of hydrogen-bond acceptors (Lipinski definition) is 4. The maximum absolute atomic E-state index is 12.8. The van der Waals surface area contributed by atoms with Gasteiger partial charge in [0.1, 0.15) is 17.4 Å². The fraction of sp³-hybridized carbons (Fsp3) is 0.556. The van der Waals surface area contributed by atoms with Crippen LogP contribution < -0.4 is 10.1 Å². The van der Waals surface area contributed by atoms with Gasteiger partial charge in [-0.05, 0) is 50.3 Å². The molecule has 124 valence electrons. The van der Waals surface area contributed by atoms with Crippen LogP contribution in [0.1, 0.15) is 45.1 Å². The predicted octanol–water partition coefficient (Wildman–Crippen LogP) is 3.49. The predicted molar refractivity (Wildman–Crippen MR) is 88.3 cm³/mol. The lowest BCUT2D eigenvalue weighted by Gasteiger charge is -2.38. The average molecular weight is 316 g/mol. The van der Waals surface area contributed by atoms with Crippen LogP contribution in [0.25, 0.3) is 0 Å². The van der Waals surface area contributed by atoms with Crippen molar-refractivity contribution < 1.29 is 14.3 Å². The fourth-order valence-corrected chi connectivity index (χ4v) is 3.30. The molecule has 1 fully saturated rings. The van der Waals surface area contributed by atoms with Crippen LogP contribution in [0, 0.1) is 17.2 Å². The van der Waals surface area contributed by atoms with E-state index in [1.165, 1.54) is 7.11 Å². The molecular weight excluding hydrogens is 292 g/mol. The minimum atomic E-state index is -0.765. The smallest absolute Gasteiger partial charge is 0.256 e. The van der Waals surface area contributed by atoms with Crippen molar-refractivity contribution in [1.82, 2.24) is 0 Å².